The fourth-order valence-electron chi connectivity index (χ4n) is 1.88. The van der Waals surface area contributed by atoms with Gasteiger partial charge < -0.3 is 4.42 Å². The van der Waals surface area contributed by atoms with Gasteiger partial charge in [-0.05, 0) is 37.1 Å². The minimum absolute atomic E-state index is 0.298. The molecule has 0 aliphatic carbocycles. The van der Waals surface area contributed by atoms with Crippen molar-refractivity contribution in [2.45, 2.75) is 25.3 Å². The summed E-state index contributed by atoms with van der Waals surface area (Å²) in [6.07, 6.45) is 3.09. The summed E-state index contributed by atoms with van der Waals surface area (Å²) in [5.41, 5.74) is 2.52. The number of sulfonamides is 1. The average Bonchev–Trinajstić information content (AvgIpc) is 2.85. The molecule has 0 bridgehead atoms. The Morgan fingerprint density at radius 3 is 2.58 bits per heavy atom. The van der Waals surface area contributed by atoms with Crippen molar-refractivity contribution in [1.82, 2.24) is 4.31 Å². The molecule has 0 fully saturated rings. The number of nitrogens with zero attached hydrogens (tertiary/aromatic N) is 1. The van der Waals surface area contributed by atoms with Gasteiger partial charge in [0, 0.05) is 19.2 Å². The molecule has 0 unspecified atom stereocenters. The van der Waals surface area contributed by atoms with E-state index < -0.39 is 10.0 Å². The van der Waals surface area contributed by atoms with Crippen LogP contribution in [0.3, 0.4) is 0 Å². The fraction of sp³-hybridized carbons (Fsp3) is 0.286. The summed E-state index contributed by atoms with van der Waals surface area (Å²) in [6.45, 7) is 3.98. The van der Waals surface area contributed by atoms with Gasteiger partial charge in [0.15, 0.2) is 0 Å². The molecule has 2 rings (SSSR count). The third-order valence-corrected chi connectivity index (χ3v) is 4.96. The van der Waals surface area contributed by atoms with Crippen molar-refractivity contribution in [2.24, 2.45) is 0 Å². The van der Waals surface area contributed by atoms with Gasteiger partial charge in [0.05, 0.1) is 17.4 Å². The standard InChI is InChI=1S/C14H17NO3S/c1-11-4-5-12(2)14(8-11)19(16,17)15(3)9-13-6-7-18-10-13/h4-8,10H,9H2,1-3H3. The lowest BCUT2D eigenvalue weighted by Gasteiger charge is -2.18. The Morgan fingerprint density at radius 1 is 1.21 bits per heavy atom. The van der Waals surface area contributed by atoms with Crippen molar-refractivity contribution in [2.75, 3.05) is 7.05 Å². The molecule has 0 spiro atoms. The zero-order valence-corrected chi connectivity index (χ0v) is 12.1. The Morgan fingerprint density at radius 2 is 1.95 bits per heavy atom. The molecule has 0 atom stereocenters. The van der Waals surface area contributed by atoms with Crippen LogP contribution in [0.2, 0.25) is 0 Å². The first-order valence-electron chi connectivity index (χ1n) is 5.96. The van der Waals surface area contributed by atoms with Crippen LogP contribution in [0, 0.1) is 13.8 Å². The van der Waals surface area contributed by atoms with Crippen LogP contribution in [0.5, 0.6) is 0 Å². The zero-order chi connectivity index (χ0) is 14.0. The molecule has 0 radical (unpaired) electrons. The SMILES string of the molecule is Cc1ccc(C)c(S(=O)(=O)N(C)Cc2ccoc2)c1. The van der Waals surface area contributed by atoms with Gasteiger partial charge in [0.25, 0.3) is 0 Å². The Balaban J connectivity index is 2.33. The highest BCUT2D eigenvalue weighted by Gasteiger charge is 2.23. The van der Waals surface area contributed by atoms with E-state index in [0.29, 0.717) is 11.4 Å². The molecule has 19 heavy (non-hydrogen) atoms. The van der Waals surface area contributed by atoms with Gasteiger partial charge in [-0.3, -0.25) is 0 Å². The Kier molecular flexibility index (Phi) is 3.78. The van der Waals surface area contributed by atoms with Crippen LogP contribution in [-0.2, 0) is 16.6 Å². The monoisotopic (exact) mass is 279 g/mol. The number of aryl methyl sites for hydroxylation is 2. The molecule has 0 aliphatic rings. The molecular formula is C14H17NO3S. The Bertz CT molecular complexity index is 660. The maximum atomic E-state index is 12.5. The van der Waals surface area contributed by atoms with Crippen LogP contribution in [0.4, 0.5) is 0 Å². The summed E-state index contributed by atoms with van der Waals surface area (Å²) < 4.78 is 31.3. The summed E-state index contributed by atoms with van der Waals surface area (Å²) in [7, 11) is -1.90. The van der Waals surface area contributed by atoms with E-state index in [4.69, 9.17) is 4.42 Å². The first-order valence-corrected chi connectivity index (χ1v) is 7.40. The largest absolute Gasteiger partial charge is 0.472 e. The molecule has 1 heterocycles. The normalized spacial score (nSPS) is 12.0. The van der Waals surface area contributed by atoms with Crippen LogP contribution >= 0.6 is 0 Å². The van der Waals surface area contributed by atoms with Gasteiger partial charge in [-0.2, -0.15) is 4.31 Å². The van der Waals surface area contributed by atoms with Gasteiger partial charge in [-0.25, -0.2) is 8.42 Å². The maximum absolute atomic E-state index is 12.5. The van der Waals surface area contributed by atoms with Crippen molar-refractivity contribution in [1.29, 1.82) is 0 Å². The van der Waals surface area contributed by atoms with Gasteiger partial charge in [0.2, 0.25) is 10.0 Å². The second-order valence-electron chi connectivity index (χ2n) is 4.66. The van der Waals surface area contributed by atoms with Crippen molar-refractivity contribution in [3.63, 3.8) is 0 Å². The average molecular weight is 279 g/mol. The summed E-state index contributed by atoms with van der Waals surface area (Å²) in [4.78, 5) is 0.360. The molecule has 5 heteroatoms. The van der Waals surface area contributed by atoms with E-state index in [1.165, 1.54) is 10.6 Å². The summed E-state index contributed by atoms with van der Waals surface area (Å²) in [6, 6.07) is 7.20. The maximum Gasteiger partial charge on any atom is 0.243 e. The second-order valence-corrected chi connectivity index (χ2v) is 6.67. The van der Waals surface area contributed by atoms with E-state index in [-0.39, 0.29) is 0 Å². The Labute approximate surface area is 113 Å². The number of benzene rings is 1. The highest BCUT2D eigenvalue weighted by molar-refractivity contribution is 7.89. The molecule has 102 valence electrons. The van der Waals surface area contributed by atoms with E-state index >= 15 is 0 Å². The molecule has 1 aromatic heterocycles. The lowest BCUT2D eigenvalue weighted by molar-refractivity contribution is 0.463. The topological polar surface area (TPSA) is 50.5 Å². The summed E-state index contributed by atoms with van der Waals surface area (Å²) in [5, 5.41) is 0. The molecule has 0 aliphatic heterocycles. The van der Waals surface area contributed by atoms with Gasteiger partial charge in [-0.15, -0.1) is 0 Å². The zero-order valence-electron chi connectivity index (χ0n) is 11.3. The molecule has 0 amide bonds. The van der Waals surface area contributed by atoms with Crippen LogP contribution in [0.25, 0.3) is 0 Å². The van der Waals surface area contributed by atoms with Gasteiger partial charge in [0.1, 0.15) is 0 Å². The number of rotatable bonds is 4. The number of furan rings is 1. The van der Waals surface area contributed by atoms with Crippen molar-refractivity contribution >= 4 is 10.0 Å². The molecule has 2 aromatic rings. The van der Waals surface area contributed by atoms with E-state index in [1.807, 2.05) is 19.1 Å². The van der Waals surface area contributed by atoms with E-state index in [1.54, 1.807) is 32.4 Å². The lowest BCUT2D eigenvalue weighted by Crippen LogP contribution is -2.27. The quantitative estimate of drug-likeness (QED) is 0.864. The minimum atomic E-state index is -3.48. The number of hydrogen-bond donors (Lipinski definition) is 0. The first kappa shape index (κ1) is 13.8. The van der Waals surface area contributed by atoms with Crippen LogP contribution in [0.15, 0.2) is 46.1 Å². The predicted octanol–water partition coefficient (Wildman–Crippen LogP) is 2.72. The van der Waals surface area contributed by atoms with E-state index in [9.17, 15) is 8.42 Å². The minimum Gasteiger partial charge on any atom is -0.472 e. The van der Waals surface area contributed by atoms with E-state index in [2.05, 4.69) is 0 Å². The molecule has 0 N–H and O–H groups in total. The molecule has 0 saturated heterocycles. The summed E-state index contributed by atoms with van der Waals surface area (Å²) in [5.74, 6) is 0. The lowest BCUT2D eigenvalue weighted by atomic mass is 10.2. The van der Waals surface area contributed by atoms with Gasteiger partial charge in [-0.1, -0.05) is 12.1 Å². The highest BCUT2D eigenvalue weighted by Crippen LogP contribution is 2.21. The molecule has 1 aromatic carbocycles. The Hall–Kier alpha value is -1.59. The van der Waals surface area contributed by atoms with Crippen LogP contribution < -0.4 is 0 Å². The summed E-state index contributed by atoms with van der Waals surface area (Å²) >= 11 is 0. The van der Waals surface area contributed by atoms with Crippen molar-refractivity contribution in [3.8, 4) is 0 Å². The molecular weight excluding hydrogens is 262 g/mol. The molecule has 4 nitrogen and oxygen atoms in total. The smallest absolute Gasteiger partial charge is 0.243 e. The second kappa shape index (κ2) is 5.19. The van der Waals surface area contributed by atoms with Gasteiger partial charge >= 0.3 is 0 Å². The third kappa shape index (κ3) is 2.88. The first-order chi connectivity index (χ1) is 8.91. The third-order valence-electron chi connectivity index (χ3n) is 3.02. The molecule has 0 saturated carbocycles. The van der Waals surface area contributed by atoms with Crippen molar-refractivity contribution in [3.05, 3.63) is 53.5 Å². The van der Waals surface area contributed by atoms with Crippen molar-refractivity contribution < 1.29 is 12.8 Å². The predicted molar refractivity (Wildman–Crippen MR) is 73.3 cm³/mol. The van der Waals surface area contributed by atoms with Crippen LogP contribution in [0.1, 0.15) is 16.7 Å². The highest BCUT2D eigenvalue weighted by atomic mass is 32.2. The van der Waals surface area contributed by atoms with Crippen LogP contribution in [-0.4, -0.2) is 19.8 Å². The number of hydrogen-bond acceptors (Lipinski definition) is 3. The fourth-order valence-corrected chi connectivity index (χ4v) is 3.34. The van der Waals surface area contributed by atoms with E-state index in [0.717, 1.165) is 16.7 Å².